The number of carbonyl (C=O) groups excluding carboxylic acids is 2. The summed E-state index contributed by atoms with van der Waals surface area (Å²) in [6, 6.07) is 14.4. The molecular formula is C27H27ClFNO5. The molecule has 1 aliphatic rings. The molecule has 0 aromatic heterocycles. The number of halogens is 2. The first kappa shape index (κ1) is 26.2. The van der Waals surface area contributed by atoms with Crippen LogP contribution < -0.4 is 4.74 Å². The molecule has 1 saturated carbocycles. The molecule has 0 saturated heterocycles. The van der Waals surface area contributed by atoms with E-state index < -0.39 is 40.7 Å². The van der Waals surface area contributed by atoms with E-state index in [2.05, 4.69) is 0 Å². The second kappa shape index (κ2) is 10.1. The minimum Gasteiger partial charge on any atom is -0.490 e. The molecule has 0 unspecified atom stereocenters. The molecular weight excluding hydrogens is 473 g/mol. The molecule has 35 heavy (non-hydrogen) atoms. The Morgan fingerprint density at radius 3 is 2.40 bits per heavy atom. The highest BCUT2D eigenvalue weighted by molar-refractivity contribution is 6.38. The molecule has 0 heterocycles. The van der Waals surface area contributed by atoms with Gasteiger partial charge in [0, 0.05) is 11.5 Å². The number of hydrogen-bond donors (Lipinski definition) is 0. The molecule has 1 aliphatic carbocycles. The number of nitrogens with zero attached hydrogens (tertiary/aromatic N) is 1. The molecule has 3 atom stereocenters. The number of aldehydes is 1. The van der Waals surface area contributed by atoms with Crippen LogP contribution in [-0.2, 0) is 19.1 Å². The van der Waals surface area contributed by atoms with Gasteiger partial charge in [0.2, 0.25) is 6.10 Å². The zero-order valence-electron chi connectivity index (χ0n) is 20.2. The fourth-order valence-corrected chi connectivity index (χ4v) is 4.11. The number of allylic oxidation sites excluding steroid dienone is 2. The molecule has 0 bridgehead atoms. The van der Waals surface area contributed by atoms with Crippen LogP contribution in [-0.4, -0.2) is 17.9 Å². The smallest absolute Gasteiger partial charge is 0.311 e. The molecule has 2 aromatic carbocycles. The average Bonchev–Trinajstić information content (AvgIpc) is 3.38. The number of hydrogen-bond acceptors (Lipinski definition) is 6. The van der Waals surface area contributed by atoms with Gasteiger partial charge in [-0.2, -0.15) is 5.26 Å². The maximum Gasteiger partial charge on any atom is 0.311 e. The fraction of sp³-hybridized carbons (Fsp3) is 0.370. The topological polar surface area (TPSA) is 85.6 Å². The van der Waals surface area contributed by atoms with Crippen LogP contribution in [0, 0.1) is 34.4 Å². The van der Waals surface area contributed by atoms with E-state index in [9.17, 15) is 19.2 Å². The average molecular weight is 500 g/mol. The van der Waals surface area contributed by atoms with E-state index >= 15 is 0 Å². The summed E-state index contributed by atoms with van der Waals surface area (Å²) < 4.78 is 31.4. The second-order valence-corrected chi connectivity index (χ2v) is 10.3. The van der Waals surface area contributed by atoms with Crippen LogP contribution in [0.25, 0.3) is 0 Å². The lowest BCUT2D eigenvalue weighted by atomic mass is 10.1. The molecule has 2 aromatic rings. The Morgan fingerprint density at radius 2 is 1.83 bits per heavy atom. The molecule has 0 amide bonds. The fourth-order valence-electron chi connectivity index (χ4n) is 3.95. The van der Waals surface area contributed by atoms with Crippen molar-refractivity contribution in [3.8, 4) is 17.6 Å². The van der Waals surface area contributed by atoms with Gasteiger partial charge in [0.25, 0.3) is 0 Å². The summed E-state index contributed by atoms with van der Waals surface area (Å²) in [7, 11) is 0. The van der Waals surface area contributed by atoms with E-state index in [0.717, 1.165) is 6.07 Å². The Kier molecular flexibility index (Phi) is 7.56. The minimum atomic E-state index is -1.30. The Labute approximate surface area is 209 Å². The van der Waals surface area contributed by atoms with Gasteiger partial charge in [-0.05, 0) is 50.5 Å². The van der Waals surface area contributed by atoms with Crippen LogP contribution in [0.1, 0.15) is 46.3 Å². The van der Waals surface area contributed by atoms with Crippen molar-refractivity contribution in [3.63, 3.8) is 0 Å². The number of ether oxygens (including phenoxy) is 3. The van der Waals surface area contributed by atoms with Crippen LogP contribution in [0.3, 0.4) is 0 Å². The Morgan fingerprint density at radius 1 is 1.17 bits per heavy atom. The van der Waals surface area contributed by atoms with Crippen molar-refractivity contribution >= 4 is 23.9 Å². The molecule has 3 rings (SSSR count). The number of esters is 1. The number of nitriles is 1. The zero-order valence-corrected chi connectivity index (χ0v) is 20.9. The number of carbonyl (C=O) groups is 2. The summed E-state index contributed by atoms with van der Waals surface area (Å²) in [5, 5.41) is 9.58. The largest absolute Gasteiger partial charge is 0.490 e. The highest BCUT2D eigenvalue weighted by Crippen LogP contribution is 2.63. The summed E-state index contributed by atoms with van der Waals surface area (Å²) >= 11 is 6.13. The van der Waals surface area contributed by atoms with Crippen LogP contribution >= 0.6 is 11.6 Å². The van der Waals surface area contributed by atoms with Gasteiger partial charge in [0.05, 0.1) is 5.92 Å². The van der Waals surface area contributed by atoms with Gasteiger partial charge < -0.3 is 14.2 Å². The highest BCUT2D eigenvalue weighted by Gasteiger charge is 2.66. The molecule has 0 aliphatic heterocycles. The lowest BCUT2D eigenvalue weighted by Gasteiger charge is -2.24. The van der Waals surface area contributed by atoms with Gasteiger partial charge in [-0.1, -0.05) is 49.7 Å². The first-order chi connectivity index (χ1) is 16.4. The summed E-state index contributed by atoms with van der Waals surface area (Å²) in [5.41, 5.74) is -1.01. The molecule has 8 heteroatoms. The van der Waals surface area contributed by atoms with Gasteiger partial charge in [0.15, 0.2) is 17.9 Å². The summed E-state index contributed by atoms with van der Waals surface area (Å²) in [6.07, 6.45) is -0.819. The molecule has 184 valence electrons. The van der Waals surface area contributed by atoms with Crippen molar-refractivity contribution in [2.75, 3.05) is 0 Å². The maximum atomic E-state index is 14.3. The lowest BCUT2D eigenvalue weighted by molar-refractivity contribution is -0.149. The van der Waals surface area contributed by atoms with E-state index in [1.54, 1.807) is 51.1 Å². The highest BCUT2D eigenvalue weighted by atomic mass is 35.5. The first-order valence-electron chi connectivity index (χ1n) is 11.1. The Balaban J connectivity index is 1.82. The van der Waals surface area contributed by atoms with Crippen molar-refractivity contribution in [1.29, 1.82) is 5.26 Å². The number of para-hydroxylation sites is 1. The minimum absolute atomic E-state index is 0.101. The molecule has 0 spiro atoms. The van der Waals surface area contributed by atoms with Gasteiger partial charge in [-0.25, -0.2) is 4.39 Å². The Bertz CT molecular complexity index is 1180. The van der Waals surface area contributed by atoms with E-state index in [4.69, 9.17) is 25.8 Å². The van der Waals surface area contributed by atoms with Crippen molar-refractivity contribution in [3.05, 3.63) is 70.7 Å². The third kappa shape index (κ3) is 6.01. The summed E-state index contributed by atoms with van der Waals surface area (Å²) in [5.74, 6) is -1.93. The van der Waals surface area contributed by atoms with Crippen molar-refractivity contribution < 1.29 is 28.2 Å². The maximum absolute atomic E-state index is 14.3. The van der Waals surface area contributed by atoms with Gasteiger partial charge >= 0.3 is 5.97 Å². The molecule has 0 N–H and O–H groups in total. The Hall–Kier alpha value is -3.37. The van der Waals surface area contributed by atoms with Crippen LogP contribution in [0.4, 0.5) is 4.39 Å². The zero-order chi connectivity index (χ0) is 26.0. The molecule has 1 fully saturated rings. The van der Waals surface area contributed by atoms with E-state index in [-0.39, 0.29) is 22.1 Å². The lowest BCUT2D eigenvalue weighted by Crippen LogP contribution is -2.21. The predicted molar refractivity (Wildman–Crippen MR) is 128 cm³/mol. The third-order valence-electron chi connectivity index (χ3n) is 5.70. The monoisotopic (exact) mass is 499 g/mol. The van der Waals surface area contributed by atoms with E-state index in [0.29, 0.717) is 12.0 Å². The van der Waals surface area contributed by atoms with Crippen LogP contribution in [0.5, 0.6) is 11.5 Å². The standard InChI is InChI=1S/C27H27ClFNO5/c1-26(2,3)35-24(18(28)15-31)22-23(27(22,4)5)25(32)34-21(14-30)16-11-12-19(29)20(13-16)33-17-9-7-6-8-10-17/h6-13,15,21-23H,1-5H3/t21-,22-,23+/m1/s1. The van der Waals surface area contributed by atoms with E-state index in [1.165, 1.54) is 12.1 Å². The second-order valence-electron chi connectivity index (χ2n) is 9.87. The number of benzene rings is 2. The van der Waals surface area contributed by atoms with Crippen molar-refractivity contribution in [1.82, 2.24) is 0 Å². The quantitative estimate of drug-likeness (QED) is 0.179. The van der Waals surface area contributed by atoms with Crippen LogP contribution in [0.15, 0.2) is 59.3 Å². The summed E-state index contributed by atoms with van der Waals surface area (Å²) in [6.45, 7) is 9.07. The SMILES string of the molecule is CC(C)(C)OC(=C(Cl)C=O)[C@H]1[C@@H](C(=O)O[C@H](C#N)c2ccc(F)c(Oc3ccccc3)c2)C1(C)C. The normalized spacial score (nSPS) is 20.1. The number of rotatable bonds is 8. The van der Waals surface area contributed by atoms with Crippen molar-refractivity contribution in [2.45, 2.75) is 46.3 Å². The first-order valence-corrected chi connectivity index (χ1v) is 11.4. The van der Waals surface area contributed by atoms with Gasteiger partial charge in [-0.15, -0.1) is 0 Å². The van der Waals surface area contributed by atoms with Gasteiger partial charge in [-0.3, -0.25) is 9.59 Å². The van der Waals surface area contributed by atoms with E-state index in [1.807, 2.05) is 19.9 Å². The van der Waals surface area contributed by atoms with Crippen LogP contribution in [0.2, 0.25) is 0 Å². The van der Waals surface area contributed by atoms with Crippen molar-refractivity contribution in [2.24, 2.45) is 17.3 Å². The molecule has 6 nitrogen and oxygen atoms in total. The van der Waals surface area contributed by atoms with Gasteiger partial charge in [0.1, 0.15) is 28.2 Å². The third-order valence-corrected chi connectivity index (χ3v) is 5.97. The predicted octanol–water partition coefficient (Wildman–Crippen LogP) is 6.46. The summed E-state index contributed by atoms with van der Waals surface area (Å²) in [4.78, 5) is 24.5. The molecule has 0 radical (unpaired) electrons.